The van der Waals surface area contributed by atoms with Crippen LogP contribution in [0.2, 0.25) is 0 Å². The second kappa shape index (κ2) is 51.2. The fourth-order valence-electron chi connectivity index (χ4n) is 8.58. The van der Waals surface area contributed by atoms with Gasteiger partial charge in [-0.05, 0) is 32.1 Å². The smallest absolute Gasteiger partial charge is 0.305 e. The lowest BCUT2D eigenvalue weighted by atomic mass is 10.0. The summed E-state index contributed by atoms with van der Waals surface area (Å²) in [6.07, 6.45) is 59.3. The number of carbonyl (C=O) groups is 2. The number of nitrogens with one attached hydrogen (secondary N) is 1. The Morgan fingerprint density at radius 3 is 1.11 bits per heavy atom. The minimum atomic E-state index is -0.855. The van der Waals surface area contributed by atoms with Crippen molar-refractivity contribution in [2.45, 2.75) is 315 Å². The predicted octanol–water partition coefficient (Wildman–Crippen LogP) is 16.5. The quantitative estimate of drug-likeness (QED) is 0.0322. The Bertz CT molecular complexity index is 909. The lowest BCUT2D eigenvalue weighted by molar-refractivity contribution is -0.143. The van der Waals surface area contributed by atoms with Crippen molar-refractivity contribution in [1.82, 2.24) is 5.32 Å². The molecular weight excluding hydrogens is 755 g/mol. The van der Waals surface area contributed by atoms with E-state index < -0.39 is 12.1 Å². The number of rotatable bonds is 51. The van der Waals surface area contributed by atoms with Gasteiger partial charge in [0.25, 0.3) is 0 Å². The largest absolute Gasteiger partial charge is 0.466 e. The lowest BCUT2D eigenvalue weighted by Crippen LogP contribution is -2.45. The summed E-state index contributed by atoms with van der Waals surface area (Å²) >= 11 is 0. The van der Waals surface area contributed by atoms with E-state index in [0.717, 1.165) is 57.8 Å². The highest BCUT2D eigenvalue weighted by Crippen LogP contribution is 2.17. The van der Waals surface area contributed by atoms with Gasteiger partial charge in [-0.15, -0.1) is 0 Å². The van der Waals surface area contributed by atoms with Crippen LogP contribution in [0.3, 0.4) is 0 Å². The van der Waals surface area contributed by atoms with Crippen molar-refractivity contribution in [3.8, 4) is 0 Å². The normalized spacial score (nSPS) is 12.7. The van der Waals surface area contributed by atoms with Crippen LogP contribution >= 0.6 is 0 Å². The number of aliphatic hydroxyl groups excluding tert-OH is 2. The van der Waals surface area contributed by atoms with E-state index in [1.54, 1.807) is 6.08 Å². The number of carbonyl (C=O) groups excluding carboxylic acids is 2. The molecule has 0 bridgehead atoms. The van der Waals surface area contributed by atoms with Gasteiger partial charge in [0, 0.05) is 12.8 Å². The van der Waals surface area contributed by atoms with Crippen molar-refractivity contribution in [3.63, 3.8) is 0 Å². The highest BCUT2D eigenvalue weighted by Gasteiger charge is 2.18. The number of hydrogen-bond acceptors (Lipinski definition) is 5. The maximum absolute atomic E-state index is 12.4. The van der Waals surface area contributed by atoms with Crippen LogP contribution in [-0.2, 0) is 14.3 Å². The van der Waals surface area contributed by atoms with Crippen molar-refractivity contribution in [2.75, 3.05) is 13.2 Å². The molecule has 2 atom stereocenters. The third-order valence-electron chi connectivity index (χ3n) is 12.8. The Labute approximate surface area is 380 Å². The zero-order valence-electron chi connectivity index (χ0n) is 41.2. The van der Waals surface area contributed by atoms with Gasteiger partial charge >= 0.3 is 5.97 Å². The number of aliphatic hydroxyl groups is 2. The van der Waals surface area contributed by atoms with Gasteiger partial charge in [-0.25, -0.2) is 0 Å². The van der Waals surface area contributed by atoms with Crippen LogP contribution in [0.1, 0.15) is 303 Å². The summed E-state index contributed by atoms with van der Waals surface area (Å²) in [4.78, 5) is 24.5. The summed E-state index contributed by atoms with van der Waals surface area (Å²) in [6, 6.07) is -0.641. The van der Waals surface area contributed by atoms with E-state index in [4.69, 9.17) is 4.74 Å². The van der Waals surface area contributed by atoms with Gasteiger partial charge in [0.2, 0.25) is 5.91 Å². The Morgan fingerprint density at radius 1 is 0.443 bits per heavy atom. The maximum atomic E-state index is 12.4. The average Bonchev–Trinajstić information content (AvgIpc) is 3.26. The molecule has 0 heterocycles. The molecular formula is C55H107NO5. The number of esters is 1. The molecule has 0 rings (SSSR count). The molecule has 0 fully saturated rings. The molecule has 362 valence electrons. The third kappa shape index (κ3) is 47.9. The number of ether oxygens (including phenoxy) is 1. The van der Waals surface area contributed by atoms with E-state index in [-0.39, 0.29) is 18.5 Å². The number of hydrogen-bond donors (Lipinski definition) is 3. The lowest BCUT2D eigenvalue weighted by Gasteiger charge is -2.20. The Balaban J connectivity index is 3.48. The van der Waals surface area contributed by atoms with Crippen LogP contribution in [0.25, 0.3) is 0 Å². The van der Waals surface area contributed by atoms with Gasteiger partial charge in [-0.1, -0.05) is 270 Å². The average molecular weight is 862 g/mol. The van der Waals surface area contributed by atoms with Gasteiger partial charge in [-0.2, -0.15) is 0 Å². The molecule has 0 aliphatic rings. The summed E-state index contributed by atoms with van der Waals surface area (Å²) in [5.74, 6) is -0.0957. The molecule has 0 aromatic heterocycles. The van der Waals surface area contributed by atoms with E-state index in [0.29, 0.717) is 19.4 Å². The van der Waals surface area contributed by atoms with Crippen LogP contribution in [0.4, 0.5) is 0 Å². The first-order valence-corrected chi connectivity index (χ1v) is 27.5. The summed E-state index contributed by atoms with van der Waals surface area (Å²) in [5, 5.41) is 23.1. The number of amides is 1. The van der Waals surface area contributed by atoms with Crippen molar-refractivity contribution in [2.24, 2.45) is 0 Å². The van der Waals surface area contributed by atoms with E-state index in [9.17, 15) is 19.8 Å². The molecule has 0 aromatic rings. The van der Waals surface area contributed by atoms with Crippen molar-refractivity contribution in [3.05, 3.63) is 12.2 Å². The first-order chi connectivity index (χ1) is 30.0. The zero-order valence-corrected chi connectivity index (χ0v) is 41.2. The molecule has 0 saturated heterocycles. The summed E-state index contributed by atoms with van der Waals surface area (Å²) in [6.45, 7) is 4.88. The highest BCUT2D eigenvalue weighted by molar-refractivity contribution is 5.76. The molecule has 0 saturated carbocycles. The minimum absolute atomic E-state index is 0.0115. The van der Waals surface area contributed by atoms with Crippen LogP contribution in [-0.4, -0.2) is 47.4 Å². The fourth-order valence-corrected chi connectivity index (χ4v) is 8.58. The molecule has 6 nitrogen and oxygen atoms in total. The second-order valence-electron chi connectivity index (χ2n) is 18.9. The molecule has 3 N–H and O–H groups in total. The molecule has 0 aliphatic heterocycles. The van der Waals surface area contributed by atoms with Crippen LogP contribution in [0.15, 0.2) is 12.2 Å². The van der Waals surface area contributed by atoms with Gasteiger partial charge in [0.05, 0.1) is 25.4 Å². The summed E-state index contributed by atoms with van der Waals surface area (Å²) < 4.78 is 5.47. The first kappa shape index (κ1) is 59.6. The van der Waals surface area contributed by atoms with Gasteiger partial charge < -0.3 is 20.3 Å². The van der Waals surface area contributed by atoms with Crippen LogP contribution in [0.5, 0.6) is 0 Å². The van der Waals surface area contributed by atoms with Crippen LogP contribution in [0, 0.1) is 0 Å². The molecule has 61 heavy (non-hydrogen) atoms. The van der Waals surface area contributed by atoms with E-state index >= 15 is 0 Å². The Hall–Kier alpha value is -1.40. The van der Waals surface area contributed by atoms with Gasteiger partial charge in [-0.3, -0.25) is 9.59 Å². The molecule has 0 aliphatic carbocycles. The number of allylic oxidation sites excluding steroid dienone is 1. The van der Waals surface area contributed by atoms with Crippen molar-refractivity contribution < 1.29 is 24.5 Å². The standard InChI is InChI=1S/C55H107NO5/c1-3-5-7-9-11-13-15-17-19-21-22-24-27-31-35-39-43-47-53(58)52(51-57)56-54(59)48-44-40-36-32-28-26-30-34-38-42-46-50-61-55(60)49-45-41-37-33-29-25-23-20-18-16-14-12-10-8-6-4-2/h43,47,52-53,57-58H,3-42,44-46,48-51H2,1-2H3,(H,56,59)/b47-43+. The molecule has 6 heteroatoms. The highest BCUT2D eigenvalue weighted by atomic mass is 16.5. The van der Waals surface area contributed by atoms with Gasteiger partial charge in [0.1, 0.15) is 0 Å². The van der Waals surface area contributed by atoms with E-state index in [2.05, 4.69) is 19.2 Å². The first-order valence-electron chi connectivity index (χ1n) is 27.5. The van der Waals surface area contributed by atoms with Gasteiger partial charge in [0.15, 0.2) is 0 Å². The molecule has 1 amide bonds. The minimum Gasteiger partial charge on any atom is -0.466 e. The maximum Gasteiger partial charge on any atom is 0.305 e. The Morgan fingerprint density at radius 2 is 0.754 bits per heavy atom. The molecule has 2 unspecified atom stereocenters. The molecule has 0 spiro atoms. The third-order valence-corrected chi connectivity index (χ3v) is 12.8. The number of unbranched alkanes of at least 4 members (excludes halogenated alkanes) is 40. The predicted molar refractivity (Wildman–Crippen MR) is 264 cm³/mol. The topological polar surface area (TPSA) is 95.9 Å². The fraction of sp³-hybridized carbons (Fsp3) is 0.927. The SMILES string of the molecule is CCCCCCCCCCCCCCCCC/C=C/C(O)C(CO)NC(=O)CCCCCCCCCCCCCOC(=O)CCCCCCCCCCCCCCCCCC. The van der Waals surface area contributed by atoms with Crippen molar-refractivity contribution >= 4 is 11.9 Å². The van der Waals surface area contributed by atoms with E-state index in [1.807, 2.05) is 6.08 Å². The molecule has 0 aromatic carbocycles. The van der Waals surface area contributed by atoms with E-state index in [1.165, 1.54) is 218 Å². The second-order valence-corrected chi connectivity index (χ2v) is 18.9. The Kier molecular flexibility index (Phi) is 50.1. The summed E-state index contributed by atoms with van der Waals surface area (Å²) in [7, 11) is 0. The summed E-state index contributed by atoms with van der Waals surface area (Å²) in [5.41, 5.74) is 0. The molecule has 0 radical (unpaired) electrons. The monoisotopic (exact) mass is 862 g/mol. The van der Waals surface area contributed by atoms with Crippen molar-refractivity contribution in [1.29, 1.82) is 0 Å². The van der Waals surface area contributed by atoms with Crippen LogP contribution < -0.4 is 5.32 Å². The zero-order chi connectivity index (χ0) is 44.4.